The summed E-state index contributed by atoms with van der Waals surface area (Å²) in [5.41, 5.74) is 1.98. The van der Waals surface area contributed by atoms with Gasteiger partial charge in [0.1, 0.15) is 23.1 Å². The molecule has 0 radical (unpaired) electrons. The van der Waals surface area contributed by atoms with Crippen molar-refractivity contribution in [2.24, 2.45) is 11.8 Å². The minimum absolute atomic E-state index is 0.150. The number of amides is 1. The second-order valence-corrected chi connectivity index (χ2v) is 8.10. The van der Waals surface area contributed by atoms with Crippen LogP contribution in [0.15, 0.2) is 36.8 Å². The first-order valence-corrected chi connectivity index (χ1v) is 10.0. The number of rotatable bonds is 4. The maximum absolute atomic E-state index is 13.6. The van der Waals surface area contributed by atoms with Crippen molar-refractivity contribution >= 4 is 11.6 Å². The van der Waals surface area contributed by atoms with Gasteiger partial charge in [-0.3, -0.25) is 9.20 Å². The molecule has 0 spiro atoms. The maximum Gasteiger partial charge on any atom is 0.260 e. The van der Waals surface area contributed by atoms with Crippen molar-refractivity contribution in [2.75, 3.05) is 13.1 Å². The lowest BCUT2D eigenvalue weighted by Gasteiger charge is -2.33. The van der Waals surface area contributed by atoms with Gasteiger partial charge < -0.3 is 4.90 Å². The van der Waals surface area contributed by atoms with Gasteiger partial charge in [-0.05, 0) is 43.4 Å². The van der Waals surface area contributed by atoms with Crippen LogP contribution >= 0.6 is 0 Å². The second-order valence-electron chi connectivity index (χ2n) is 8.10. The van der Waals surface area contributed by atoms with E-state index in [-0.39, 0.29) is 18.2 Å². The molecule has 6 nitrogen and oxygen atoms in total. The highest BCUT2D eigenvalue weighted by atomic mass is 19.3. The van der Waals surface area contributed by atoms with Gasteiger partial charge in [0, 0.05) is 37.6 Å². The van der Waals surface area contributed by atoms with Crippen molar-refractivity contribution in [1.29, 1.82) is 0 Å². The Morgan fingerprint density at radius 1 is 1.23 bits per heavy atom. The number of likely N-dealkylation sites (tertiary alicyclic amines) is 1. The Labute approximate surface area is 170 Å². The number of piperidine rings is 1. The average molecular weight is 415 g/mol. The number of fused-ring (bicyclic) bond motifs is 1. The van der Waals surface area contributed by atoms with Crippen LogP contribution in [0.1, 0.15) is 25.0 Å². The Hall–Kier alpha value is -2.97. The van der Waals surface area contributed by atoms with Gasteiger partial charge in [-0.1, -0.05) is 0 Å². The number of alkyl halides is 2. The minimum atomic E-state index is -2.83. The molecule has 1 unspecified atom stereocenters. The van der Waals surface area contributed by atoms with E-state index in [1.807, 2.05) is 6.07 Å². The van der Waals surface area contributed by atoms with Gasteiger partial charge in [0.25, 0.3) is 5.92 Å². The fraction of sp³-hybridized carbons (Fsp3) is 0.429. The van der Waals surface area contributed by atoms with Gasteiger partial charge in [-0.25, -0.2) is 28.1 Å². The molecule has 2 atom stereocenters. The molecule has 5 rings (SSSR count). The summed E-state index contributed by atoms with van der Waals surface area (Å²) in [6.07, 6.45) is 6.57. The Morgan fingerprint density at radius 2 is 2.07 bits per heavy atom. The lowest BCUT2D eigenvalue weighted by atomic mass is 9.93. The predicted molar refractivity (Wildman–Crippen MR) is 102 cm³/mol. The molecule has 3 aromatic heterocycles. The molecule has 0 bridgehead atoms. The van der Waals surface area contributed by atoms with E-state index in [1.165, 1.54) is 12.3 Å². The van der Waals surface area contributed by atoms with Gasteiger partial charge in [-0.2, -0.15) is 0 Å². The first kappa shape index (κ1) is 19.0. The summed E-state index contributed by atoms with van der Waals surface area (Å²) in [4.78, 5) is 27.1. The number of halogens is 3. The van der Waals surface area contributed by atoms with Crippen molar-refractivity contribution in [3.8, 4) is 11.5 Å². The Morgan fingerprint density at radius 3 is 2.87 bits per heavy atom. The molecule has 9 heteroatoms. The monoisotopic (exact) mass is 415 g/mol. The normalized spacial score (nSPS) is 23.0. The quantitative estimate of drug-likeness (QED) is 0.656. The average Bonchev–Trinajstić information content (AvgIpc) is 3.17. The third-order valence-electron chi connectivity index (χ3n) is 5.86. The molecule has 30 heavy (non-hydrogen) atoms. The van der Waals surface area contributed by atoms with E-state index < -0.39 is 17.7 Å². The van der Waals surface area contributed by atoms with E-state index in [1.54, 1.807) is 27.8 Å². The van der Waals surface area contributed by atoms with Gasteiger partial charge in [0.05, 0.1) is 6.20 Å². The molecular formula is C21H20F3N5O. The predicted octanol–water partition coefficient (Wildman–Crippen LogP) is 3.37. The van der Waals surface area contributed by atoms with Crippen LogP contribution in [-0.4, -0.2) is 49.2 Å². The van der Waals surface area contributed by atoms with Gasteiger partial charge in [0.15, 0.2) is 5.82 Å². The number of carbonyl (C=O) groups is 1. The summed E-state index contributed by atoms with van der Waals surface area (Å²) in [5.74, 6) is -4.20. The fourth-order valence-corrected chi connectivity index (χ4v) is 4.18. The van der Waals surface area contributed by atoms with E-state index in [9.17, 15) is 18.0 Å². The topological polar surface area (TPSA) is 63.4 Å². The van der Waals surface area contributed by atoms with Crippen molar-refractivity contribution in [2.45, 2.75) is 31.6 Å². The van der Waals surface area contributed by atoms with E-state index >= 15 is 0 Å². The lowest BCUT2D eigenvalue weighted by Crippen LogP contribution is -2.42. The number of hydrogen-bond acceptors (Lipinski definition) is 4. The van der Waals surface area contributed by atoms with Crippen LogP contribution < -0.4 is 0 Å². The highest BCUT2D eigenvalue weighted by Crippen LogP contribution is 2.49. The molecule has 1 saturated heterocycles. The Kier molecular flexibility index (Phi) is 4.48. The van der Waals surface area contributed by atoms with E-state index in [0.717, 1.165) is 18.5 Å². The third kappa shape index (κ3) is 3.53. The SMILES string of the molecule is O=C(C1CC1(F)F)N1CCC[C@@H](Cc2ccnc(-c3cnc4ccc(F)cn34)n2)C1. The molecule has 3 aromatic rings. The Balaban J connectivity index is 1.32. The largest absolute Gasteiger partial charge is 0.342 e. The van der Waals surface area contributed by atoms with Crippen LogP contribution in [0.5, 0.6) is 0 Å². The second kappa shape index (κ2) is 7.07. The highest BCUT2D eigenvalue weighted by Gasteiger charge is 2.62. The number of carbonyl (C=O) groups excluding carboxylic acids is 1. The van der Waals surface area contributed by atoms with Crippen LogP contribution in [0, 0.1) is 17.7 Å². The maximum atomic E-state index is 13.6. The number of pyridine rings is 1. The number of hydrogen-bond donors (Lipinski definition) is 0. The number of imidazole rings is 1. The van der Waals surface area contributed by atoms with E-state index in [4.69, 9.17) is 0 Å². The zero-order chi connectivity index (χ0) is 20.9. The molecule has 4 heterocycles. The molecule has 0 N–H and O–H groups in total. The Bertz CT molecular complexity index is 1110. The van der Waals surface area contributed by atoms with E-state index in [2.05, 4.69) is 15.0 Å². The molecule has 1 aliphatic heterocycles. The number of aromatic nitrogens is 4. The molecule has 0 aromatic carbocycles. The zero-order valence-corrected chi connectivity index (χ0v) is 16.1. The zero-order valence-electron chi connectivity index (χ0n) is 16.1. The van der Waals surface area contributed by atoms with Crippen molar-refractivity contribution < 1.29 is 18.0 Å². The van der Waals surface area contributed by atoms with Crippen molar-refractivity contribution in [3.05, 3.63) is 48.3 Å². The van der Waals surface area contributed by atoms with Crippen molar-refractivity contribution in [3.63, 3.8) is 0 Å². The standard InChI is InChI=1S/C21H20F3N5O/c22-14-3-4-18-26-10-17(29(18)12-14)19-25-6-5-15(27-19)8-13-2-1-7-28(11-13)20(30)16-9-21(16,23)24/h3-6,10,12-13,16H,1-2,7-9,11H2/t13-,16?/m0/s1. The summed E-state index contributed by atoms with van der Waals surface area (Å²) in [6, 6.07) is 4.74. The first-order chi connectivity index (χ1) is 14.4. The summed E-state index contributed by atoms with van der Waals surface area (Å²) in [7, 11) is 0. The van der Waals surface area contributed by atoms with Crippen LogP contribution in [0.4, 0.5) is 13.2 Å². The van der Waals surface area contributed by atoms with E-state index in [0.29, 0.717) is 36.7 Å². The molecule has 156 valence electrons. The molecular weight excluding hydrogens is 395 g/mol. The van der Waals surface area contributed by atoms with Crippen LogP contribution in [0.2, 0.25) is 0 Å². The lowest BCUT2D eigenvalue weighted by molar-refractivity contribution is -0.136. The van der Waals surface area contributed by atoms with Crippen LogP contribution in [0.3, 0.4) is 0 Å². The summed E-state index contributed by atoms with van der Waals surface area (Å²) in [6.45, 7) is 0.996. The molecule has 2 aliphatic rings. The molecule has 1 amide bonds. The molecule has 1 aliphatic carbocycles. The summed E-state index contributed by atoms with van der Waals surface area (Å²) in [5, 5.41) is 0. The van der Waals surface area contributed by atoms with Crippen LogP contribution in [-0.2, 0) is 11.2 Å². The fourth-order valence-electron chi connectivity index (χ4n) is 4.18. The highest BCUT2D eigenvalue weighted by molar-refractivity contribution is 5.83. The molecule has 1 saturated carbocycles. The minimum Gasteiger partial charge on any atom is -0.342 e. The molecule has 2 fully saturated rings. The van der Waals surface area contributed by atoms with Gasteiger partial charge in [0.2, 0.25) is 5.91 Å². The summed E-state index contributed by atoms with van der Waals surface area (Å²) < 4.78 is 41.8. The number of nitrogens with zero attached hydrogens (tertiary/aromatic N) is 5. The van der Waals surface area contributed by atoms with Crippen molar-refractivity contribution in [1.82, 2.24) is 24.3 Å². The van der Waals surface area contributed by atoms with Gasteiger partial charge >= 0.3 is 0 Å². The van der Waals surface area contributed by atoms with Crippen LogP contribution in [0.25, 0.3) is 17.2 Å². The smallest absolute Gasteiger partial charge is 0.260 e. The van der Waals surface area contributed by atoms with Gasteiger partial charge in [-0.15, -0.1) is 0 Å². The third-order valence-corrected chi connectivity index (χ3v) is 5.86. The summed E-state index contributed by atoms with van der Waals surface area (Å²) >= 11 is 0. The first-order valence-electron chi connectivity index (χ1n) is 10.0.